The van der Waals surface area contributed by atoms with Crippen molar-refractivity contribution in [2.75, 3.05) is 13.2 Å². The van der Waals surface area contributed by atoms with Crippen molar-refractivity contribution in [3.05, 3.63) is 70.0 Å². The fraction of sp³-hybridized carbons (Fsp3) is 0.200. The molecule has 2 aromatic rings. The smallest absolute Gasteiger partial charge is 0.305 e. The lowest BCUT2D eigenvalue weighted by atomic mass is 10.2. The van der Waals surface area contributed by atoms with Gasteiger partial charge in [0.2, 0.25) is 5.82 Å². The summed E-state index contributed by atoms with van der Waals surface area (Å²) in [5.74, 6) is -0.130. The van der Waals surface area contributed by atoms with Crippen LogP contribution in [0.25, 0.3) is 0 Å². The van der Waals surface area contributed by atoms with Gasteiger partial charge in [-0.1, -0.05) is 30.3 Å². The largest absolute Gasteiger partial charge is 0.491 e. The Kier molecular flexibility index (Phi) is 5.22. The molecule has 21 heavy (non-hydrogen) atoms. The number of hydrogen-bond acceptors (Lipinski definition) is 4. The summed E-state index contributed by atoms with van der Waals surface area (Å²) in [5, 5.41) is 10.6. The molecule has 0 atom stereocenters. The molecule has 0 N–H and O–H groups in total. The molecule has 2 aromatic carbocycles. The van der Waals surface area contributed by atoms with Crippen LogP contribution in [0.2, 0.25) is 0 Å². The van der Waals surface area contributed by atoms with Crippen molar-refractivity contribution >= 4 is 5.69 Å². The lowest BCUT2D eigenvalue weighted by molar-refractivity contribution is -0.387. The van der Waals surface area contributed by atoms with Gasteiger partial charge in [-0.05, 0) is 12.1 Å². The zero-order valence-corrected chi connectivity index (χ0v) is 11.2. The molecule has 0 saturated heterocycles. The number of rotatable bonds is 7. The number of benzene rings is 2. The Bertz CT molecular complexity index is 604. The van der Waals surface area contributed by atoms with Crippen LogP contribution in [0.15, 0.2) is 48.5 Å². The van der Waals surface area contributed by atoms with Crippen molar-refractivity contribution in [3.8, 4) is 5.75 Å². The lowest BCUT2D eigenvalue weighted by Gasteiger charge is -2.07. The molecule has 0 radical (unpaired) electrons. The summed E-state index contributed by atoms with van der Waals surface area (Å²) >= 11 is 0. The summed E-state index contributed by atoms with van der Waals surface area (Å²) in [6, 6.07) is 13.2. The van der Waals surface area contributed by atoms with Crippen LogP contribution >= 0.6 is 0 Å². The zero-order valence-electron chi connectivity index (χ0n) is 11.2. The SMILES string of the molecule is O=[N+]([O-])c1cccc(COCCOc2ccccc2)c1F. The van der Waals surface area contributed by atoms with Crippen molar-refractivity contribution in [1.29, 1.82) is 0 Å². The van der Waals surface area contributed by atoms with Gasteiger partial charge < -0.3 is 9.47 Å². The maximum Gasteiger partial charge on any atom is 0.305 e. The van der Waals surface area contributed by atoms with Crippen molar-refractivity contribution in [1.82, 2.24) is 0 Å². The van der Waals surface area contributed by atoms with Crippen LogP contribution in [0.1, 0.15) is 5.56 Å². The van der Waals surface area contributed by atoms with Gasteiger partial charge in [0, 0.05) is 11.6 Å². The molecular weight excluding hydrogens is 277 g/mol. The first-order valence-corrected chi connectivity index (χ1v) is 6.36. The van der Waals surface area contributed by atoms with Gasteiger partial charge >= 0.3 is 5.69 Å². The first kappa shape index (κ1) is 14.9. The van der Waals surface area contributed by atoms with E-state index in [0.29, 0.717) is 6.61 Å². The van der Waals surface area contributed by atoms with Crippen LogP contribution in [0.5, 0.6) is 5.75 Å². The van der Waals surface area contributed by atoms with E-state index in [1.54, 1.807) is 0 Å². The molecule has 5 nitrogen and oxygen atoms in total. The normalized spacial score (nSPS) is 10.3. The lowest BCUT2D eigenvalue weighted by Crippen LogP contribution is -2.07. The van der Waals surface area contributed by atoms with Crippen molar-refractivity contribution < 1.29 is 18.8 Å². The van der Waals surface area contributed by atoms with Gasteiger partial charge in [-0.25, -0.2) is 0 Å². The third-order valence-corrected chi connectivity index (χ3v) is 2.75. The number of nitrogens with zero attached hydrogens (tertiary/aromatic N) is 1. The minimum Gasteiger partial charge on any atom is -0.491 e. The molecule has 0 saturated carbocycles. The predicted molar refractivity (Wildman–Crippen MR) is 74.6 cm³/mol. The van der Waals surface area contributed by atoms with E-state index in [0.717, 1.165) is 11.8 Å². The standard InChI is InChI=1S/C15H14FNO4/c16-15-12(5-4-8-14(15)17(18)19)11-20-9-10-21-13-6-2-1-3-7-13/h1-8H,9-11H2. The predicted octanol–water partition coefficient (Wildman–Crippen LogP) is 3.33. The van der Waals surface area contributed by atoms with E-state index >= 15 is 0 Å². The number of nitro benzene ring substituents is 1. The maximum atomic E-state index is 13.7. The van der Waals surface area contributed by atoms with E-state index in [1.165, 1.54) is 12.1 Å². The number of ether oxygens (including phenoxy) is 2. The average Bonchev–Trinajstić information content (AvgIpc) is 2.49. The highest BCUT2D eigenvalue weighted by atomic mass is 19.1. The summed E-state index contributed by atoms with van der Waals surface area (Å²) in [5.41, 5.74) is -0.388. The highest BCUT2D eigenvalue weighted by molar-refractivity contribution is 5.36. The number of nitro groups is 1. The fourth-order valence-corrected chi connectivity index (χ4v) is 1.74. The Morgan fingerprint density at radius 2 is 1.81 bits per heavy atom. The number of para-hydroxylation sites is 1. The topological polar surface area (TPSA) is 61.6 Å². The van der Waals surface area contributed by atoms with Gasteiger partial charge in [-0.2, -0.15) is 4.39 Å². The quantitative estimate of drug-likeness (QED) is 0.446. The molecule has 6 heteroatoms. The van der Waals surface area contributed by atoms with E-state index < -0.39 is 16.4 Å². The second-order valence-corrected chi connectivity index (χ2v) is 4.22. The second-order valence-electron chi connectivity index (χ2n) is 4.22. The highest BCUT2D eigenvalue weighted by Gasteiger charge is 2.16. The molecule has 0 aromatic heterocycles. The Labute approximate surface area is 121 Å². The Balaban J connectivity index is 1.79. The number of hydrogen-bond donors (Lipinski definition) is 0. The van der Waals surface area contributed by atoms with Gasteiger partial charge in [0.05, 0.1) is 18.1 Å². The molecule has 0 bridgehead atoms. The van der Waals surface area contributed by atoms with Gasteiger partial charge in [-0.3, -0.25) is 10.1 Å². The molecule has 0 aliphatic heterocycles. The minimum atomic E-state index is -0.855. The van der Waals surface area contributed by atoms with E-state index in [2.05, 4.69) is 0 Å². The second kappa shape index (κ2) is 7.35. The van der Waals surface area contributed by atoms with Gasteiger partial charge in [0.15, 0.2) is 0 Å². The van der Waals surface area contributed by atoms with Crippen molar-refractivity contribution in [3.63, 3.8) is 0 Å². The van der Waals surface area contributed by atoms with Crippen molar-refractivity contribution in [2.45, 2.75) is 6.61 Å². The molecule has 0 unspecified atom stereocenters. The first-order valence-electron chi connectivity index (χ1n) is 6.36. The fourth-order valence-electron chi connectivity index (χ4n) is 1.74. The zero-order chi connectivity index (χ0) is 15.1. The molecule has 2 rings (SSSR count). The van der Waals surface area contributed by atoms with Crippen LogP contribution in [0.4, 0.5) is 10.1 Å². The summed E-state index contributed by atoms with van der Waals surface area (Å²) in [7, 11) is 0. The monoisotopic (exact) mass is 291 g/mol. The third kappa shape index (κ3) is 4.25. The third-order valence-electron chi connectivity index (χ3n) is 2.75. The number of halogens is 1. The van der Waals surface area contributed by atoms with Crippen LogP contribution in [0.3, 0.4) is 0 Å². The van der Waals surface area contributed by atoms with E-state index in [1.807, 2.05) is 30.3 Å². The van der Waals surface area contributed by atoms with Crippen LogP contribution in [-0.2, 0) is 11.3 Å². The van der Waals surface area contributed by atoms with Gasteiger partial charge in [0.1, 0.15) is 12.4 Å². The van der Waals surface area contributed by atoms with Crippen LogP contribution in [0, 0.1) is 15.9 Å². The Hall–Kier alpha value is -2.47. The maximum absolute atomic E-state index is 13.7. The van der Waals surface area contributed by atoms with Crippen LogP contribution < -0.4 is 4.74 Å². The van der Waals surface area contributed by atoms with Gasteiger partial charge in [-0.15, -0.1) is 0 Å². The summed E-state index contributed by atoms with van der Waals surface area (Å²) in [4.78, 5) is 9.86. The molecular formula is C15H14FNO4. The molecule has 0 spiro atoms. The Morgan fingerprint density at radius 3 is 2.52 bits per heavy atom. The van der Waals surface area contributed by atoms with Gasteiger partial charge in [0.25, 0.3) is 0 Å². The molecule has 0 heterocycles. The molecule has 0 aliphatic rings. The molecule has 0 fully saturated rings. The molecule has 0 amide bonds. The summed E-state index contributed by atoms with van der Waals surface area (Å²) in [6.45, 7) is 0.545. The molecule has 0 aliphatic carbocycles. The van der Waals surface area contributed by atoms with E-state index in [4.69, 9.17) is 9.47 Å². The summed E-state index contributed by atoms with van der Waals surface area (Å²) < 4.78 is 24.4. The van der Waals surface area contributed by atoms with Crippen LogP contribution in [-0.4, -0.2) is 18.1 Å². The van der Waals surface area contributed by atoms with E-state index in [-0.39, 0.29) is 18.8 Å². The highest BCUT2D eigenvalue weighted by Crippen LogP contribution is 2.20. The first-order chi connectivity index (χ1) is 10.2. The average molecular weight is 291 g/mol. The summed E-state index contributed by atoms with van der Waals surface area (Å²) in [6.07, 6.45) is 0. The van der Waals surface area contributed by atoms with E-state index in [9.17, 15) is 14.5 Å². The van der Waals surface area contributed by atoms with Crippen molar-refractivity contribution in [2.24, 2.45) is 0 Å². The Morgan fingerprint density at radius 1 is 1.05 bits per heavy atom. The minimum absolute atomic E-state index is 0.0360. The molecule has 110 valence electrons.